The molecular formula is C9H7BrF2N2. The van der Waals surface area contributed by atoms with E-state index in [2.05, 4.69) is 20.9 Å². The summed E-state index contributed by atoms with van der Waals surface area (Å²) in [6, 6.07) is 3.52. The van der Waals surface area contributed by atoms with Gasteiger partial charge in [-0.05, 0) is 11.1 Å². The molecule has 5 heteroatoms. The van der Waals surface area contributed by atoms with Crippen molar-refractivity contribution in [3.05, 3.63) is 29.1 Å². The predicted octanol–water partition coefficient (Wildman–Crippen LogP) is 2.98. The van der Waals surface area contributed by atoms with Gasteiger partial charge in [-0.25, -0.2) is 8.78 Å². The summed E-state index contributed by atoms with van der Waals surface area (Å²) in [6.45, 7) is 0. The maximum Gasteiger partial charge on any atom is 0.280 e. The van der Waals surface area contributed by atoms with Crippen LogP contribution in [0, 0.1) is 11.3 Å². The summed E-state index contributed by atoms with van der Waals surface area (Å²) in [7, 11) is 0. The standard InChI is InChI=1S/C9H7BrF2N2/c10-4-7-3-6(1-2-13)5-14-8(7)9(11)12/h3,5,9H,1,4H2. The predicted molar refractivity (Wildman–Crippen MR) is 51.1 cm³/mol. The average Bonchev–Trinajstić information content (AvgIpc) is 2.17. The first-order valence-electron chi connectivity index (χ1n) is 3.87. The lowest BCUT2D eigenvalue weighted by Crippen LogP contribution is -1.98. The maximum absolute atomic E-state index is 12.4. The molecule has 0 aliphatic heterocycles. The number of pyridine rings is 1. The van der Waals surface area contributed by atoms with Gasteiger partial charge >= 0.3 is 0 Å². The molecule has 0 saturated heterocycles. The van der Waals surface area contributed by atoms with Crippen molar-refractivity contribution in [1.82, 2.24) is 4.98 Å². The minimum absolute atomic E-state index is 0.191. The highest BCUT2D eigenvalue weighted by molar-refractivity contribution is 9.08. The molecule has 0 fully saturated rings. The zero-order valence-electron chi connectivity index (χ0n) is 7.17. The van der Waals surface area contributed by atoms with Gasteiger partial charge in [0, 0.05) is 11.5 Å². The first-order chi connectivity index (χ1) is 6.69. The largest absolute Gasteiger partial charge is 0.280 e. The zero-order valence-corrected chi connectivity index (χ0v) is 8.76. The van der Waals surface area contributed by atoms with Gasteiger partial charge in [0.05, 0.1) is 12.5 Å². The number of rotatable bonds is 3. The van der Waals surface area contributed by atoms with Crippen LogP contribution < -0.4 is 0 Å². The average molecular weight is 261 g/mol. The van der Waals surface area contributed by atoms with Crippen molar-refractivity contribution < 1.29 is 8.78 Å². The van der Waals surface area contributed by atoms with Crippen LogP contribution in [0.25, 0.3) is 0 Å². The van der Waals surface area contributed by atoms with Crippen molar-refractivity contribution in [2.75, 3.05) is 0 Å². The van der Waals surface area contributed by atoms with E-state index in [1.807, 2.05) is 6.07 Å². The molecule has 1 aromatic rings. The molecule has 0 bridgehead atoms. The van der Waals surface area contributed by atoms with Crippen molar-refractivity contribution in [3.8, 4) is 6.07 Å². The Morgan fingerprint density at radius 1 is 1.57 bits per heavy atom. The summed E-state index contributed by atoms with van der Waals surface area (Å²) in [6.07, 6.45) is -1.06. The molecule has 74 valence electrons. The molecule has 0 aliphatic rings. The fraction of sp³-hybridized carbons (Fsp3) is 0.333. The molecule has 0 atom stereocenters. The van der Waals surface area contributed by atoms with Crippen molar-refractivity contribution in [2.45, 2.75) is 18.2 Å². The van der Waals surface area contributed by atoms with Crippen LogP contribution in [0.1, 0.15) is 23.2 Å². The van der Waals surface area contributed by atoms with E-state index in [-0.39, 0.29) is 12.1 Å². The highest BCUT2D eigenvalue weighted by Gasteiger charge is 2.14. The van der Waals surface area contributed by atoms with Crippen LogP contribution in [0.2, 0.25) is 0 Å². The van der Waals surface area contributed by atoms with Gasteiger partial charge in [-0.15, -0.1) is 0 Å². The van der Waals surface area contributed by atoms with Crippen molar-refractivity contribution in [1.29, 1.82) is 5.26 Å². The van der Waals surface area contributed by atoms with E-state index in [1.54, 1.807) is 6.07 Å². The second kappa shape index (κ2) is 5.01. The molecule has 1 aromatic heterocycles. The molecule has 1 rings (SSSR count). The Morgan fingerprint density at radius 2 is 2.29 bits per heavy atom. The lowest BCUT2D eigenvalue weighted by atomic mass is 10.1. The van der Waals surface area contributed by atoms with Gasteiger partial charge in [0.2, 0.25) is 0 Å². The summed E-state index contributed by atoms with van der Waals surface area (Å²) >= 11 is 3.11. The number of nitrogens with zero attached hydrogens (tertiary/aromatic N) is 2. The third-order valence-corrected chi connectivity index (χ3v) is 2.30. The number of hydrogen-bond acceptors (Lipinski definition) is 2. The quantitative estimate of drug-likeness (QED) is 0.784. The fourth-order valence-corrected chi connectivity index (χ4v) is 1.51. The topological polar surface area (TPSA) is 36.7 Å². The molecule has 0 amide bonds. The SMILES string of the molecule is N#CCc1cnc(C(F)F)c(CBr)c1. The summed E-state index contributed by atoms with van der Waals surface area (Å²) in [5, 5.41) is 8.74. The van der Waals surface area contributed by atoms with E-state index >= 15 is 0 Å². The minimum atomic E-state index is -2.57. The van der Waals surface area contributed by atoms with E-state index in [4.69, 9.17) is 5.26 Å². The van der Waals surface area contributed by atoms with E-state index in [9.17, 15) is 8.78 Å². The van der Waals surface area contributed by atoms with Gasteiger partial charge < -0.3 is 0 Å². The van der Waals surface area contributed by atoms with E-state index < -0.39 is 6.43 Å². The number of nitriles is 1. The maximum atomic E-state index is 12.4. The van der Waals surface area contributed by atoms with Crippen molar-refractivity contribution in [2.24, 2.45) is 0 Å². The van der Waals surface area contributed by atoms with Gasteiger partial charge in [0.1, 0.15) is 5.69 Å². The molecule has 1 heterocycles. The Morgan fingerprint density at radius 3 is 2.79 bits per heavy atom. The summed E-state index contributed by atoms with van der Waals surface area (Å²) < 4.78 is 24.8. The minimum Gasteiger partial charge on any atom is -0.255 e. The van der Waals surface area contributed by atoms with Crippen LogP contribution in [0.3, 0.4) is 0 Å². The second-order valence-electron chi connectivity index (χ2n) is 2.66. The Kier molecular flexibility index (Phi) is 3.96. The van der Waals surface area contributed by atoms with Crippen LogP contribution in [-0.2, 0) is 11.8 Å². The monoisotopic (exact) mass is 260 g/mol. The van der Waals surface area contributed by atoms with Gasteiger partial charge in [0.25, 0.3) is 6.43 Å². The number of halogens is 3. The Balaban J connectivity index is 3.06. The summed E-state index contributed by atoms with van der Waals surface area (Å²) in [4.78, 5) is 3.64. The van der Waals surface area contributed by atoms with Crippen LogP contribution in [0.4, 0.5) is 8.78 Å². The summed E-state index contributed by atoms with van der Waals surface area (Å²) in [5.41, 5.74) is 0.877. The number of hydrogen-bond donors (Lipinski definition) is 0. The van der Waals surface area contributed by atoms with E-state index in [0.717, 1.165) is 0 Å². The zero-order chi connectivity index (χ0) is 10.6. The van der Waals surface area contributed by atoms with Crippen LogP contribution >= 0.6 is 15.9 Å². The smallest absolute Gasteiger partial charge is 0.255 e. The Bertz CT molecular complexity index is 360. The van der Waals surface area contributed by atoms with Crippen molar-refractivity contribution >= 4 is 15.9 Å². The second-order valence-corrected chi connectivity index (χ2v) is 3.22. The number of aromatic nitrogens is 1. The molecule has 0 spiro atoms. The van der Waals surface area contributed by atoms with Crippen LogP contribution in [0.5, 0.6) is 0 Å². The molecule has 2 nitrogen and oxygen atoms in total. The highest BCUT2D eigenvalue weighted by Crippen LogP contribution is 2.23. The molecule has 0 aromatic carbocycles. The Labute approximate surface area is 88.7 Å². The highest BCUT2D eigenvalue weighted by atomic mass is 79.9. The molecule has 0 aliphatic carbocycles. The molecule has 0 radical (unpaired) electrons. The first-order valence-corrected chi connectivity index (χ1v) is 5.00. The van der Waals surface area contributed by atoms with Gasteiger partial charge in [-0.3, -0.25) is 4.98 Å². The van der Waals surface area contributed by atoms with Crippen molar-refractivity contribution in [3.63, 3.8) is 0 Å². The van der Waals surface area contributed by atoms with Crippen LogP contribution in [0.15, 0.2) is 12.3 Å². The normalized spacial score (nSPS) is 10.2. The van der Waals surface area contributed by atoms with Crippen LogP contribution in [-0.4, -0.2) is 4.98 Å². The first kappa shape index (κ1) is 11.1. The van der Waals surface area contributed by atoms with Gasteiger partial charge in [-0.1, -0.05) is 22.0 Å². The molecular weight excluding hydrogens is 254 g/mol. The molecule has 0 N–H and O–H groups in total. The van der Waals surface area contributed by atoms with E-state index in [0.29, 0.717) is 16.5 Å². The lowest BCUT2D eigenvalue weighted by molar-refractivity contribution is 0.145. The lowest BCUT2D eigenvalue weighted by Gasteiger charge is -2.06. The summed E-state index contributed by atoms with van der Waals surface area (Å²) in [5.74, 6) is 0. The molecule has 0 unspecified atom stereocenters. The third-order valence-electron chi connectivity index (χ3n) is 1.69. The van der Waals surface area contributed by atoms with E-state index in [1.165, 1.54) is 6.20 Å². The Hall–Kier alpha value is -1.02. The van der Waals surface area contributed by atoms with Gasteiger partial charge in [0.15, 0.2) is 0 Å². The number of alkyl halides is 3. The third kappa shape index (κ3) is 2.48. The molecule has 14 heavy (non-hydrogen) atoms. The fourth-order valence-electron chi connectivity index (χ4n) is 1.06. The molecule has 0 saturated carbocycles. The van der Waals surface area contributed by atoms with Gasteiger partial charge in [-0.2, -0.15) is 5.26 Å².